The maximum Gasteiger partial charge on any atom is 0.302 e. The van der Waals surface area contributed by atoms with Crippen molar-refractivity contribution >= 4 is 5.97 Å². The van der Waals surface area contributed by atoms with Gasteiger partial charge in [-0.2, -0.15) is 0 Å². The Kier molecular flexibility index (Phi) is 2.92. The first-order chi connectivity index (χ1) is 5.20. The van der Waals surface area contributed by atoms with Gasteiger partial charge in [0.25, 0.3) is 0 Å². The molecule has 0 N–H and O–H groups in total. The summed E-state index contributed by atoms with van der Waals surface area (Å²) in [7, 11) is 0. The van der Waals surface area contributed by atoms with Crippen molar-refractivity contribution in [1.82, 2.24) is 0 Å². The van der Waals surface area contributed by atoms with Gasteiger partial charge in [-0.3, -0.25) is 4.79 Å². The highest BCUT2D eigenvalue weighted by molar-refractivity contribution is 5.66. The van der Waals surface area contributed by atoms with Gasteiger partial charge in [0.05, 0.1) is 0 Å². The van der Waals surface area contributed by atoms with Crippen LogP contribution in [0.15, 0.2) is 0 Å². The van der Waals surface area contributed by atoms with E-state index in [2.05, 4.69) is 6.92 Å². The molecule has 0 aliphatic heterocycles. The Morgan fingerprint density at radius 2 is 2.00 bits per heavy atom. The number of ether oxygens (including phenoxy) is 1. The van der Waals surface area contributed by atoms with Gasteiger partial charge in [-0.25, -0.2) is 0 Å². The lowest BCUT2D eigenvalue weighted by atomic mass is 9.88. The molecule has 1 saturated carbocycles. The van der Waals surface area contributed by atoms with Crippen molar-refractivity contribution in [1.29, 1.82) is 0 Å². The second-order valence-electron chi connectivity index (χ2n) is 3.41. The third-order valence-corrected chi connectivity index (χ3v) is 2.35. The zero-order chi connectivity index (χ0) is 8.27. The summed E-state index contributed by atoms with van der Waals surface area (Å²) in [5.74, 6) is 0.427. The van der Waals surface area contributed by atoms with E-state index < -0.39 is 0 Å². The molecule has 1 fully saturated rings. The van der Waals surface area contributed by atoms with Crippen LogP contribution in [0, 0.1) is 5.92 Å². The zero-order valence-electron chi connectivity index (χ0n) is 7.30. The highest BCUT2D eigenvalue weighted by Gasteiger charge is 2.23. The van der Waals surface area contributed by atoms with Gasteiger partial charge < -0.3 is 4.74 Å². The molecule has 64 valence electrons. The summed E-state index contributed by atoms with van der Waals surface area (Å²) in [6, 6.07) is 0. The number of esters is 1. The fourth-order valence-corrected chi connectivity index (χ4v) is 1.67. The molecule has 1 aliphatic rings. The number of carbonyl (C=O) groups excluding carboxylic acids is 1. The summed E-state index contributed by atoms with van der Waals surface area (Å²) in [4.78, 5) is 10.6. The second-order valence-corrected chi connectivity index (χ2v) is 3.41. The van der Waals surface area contributed by atoms with Crippen molar-refractivity contribution < 1.29 is 9.53 Å². The van der Waals surface area contributed by atoms with E-state index in [-0.39, 0.29) is 12.1 Å². The third-order valence-electron chi connectivity index (χ3n) is 2.35. The molecule has 0 saturated heterocycles. The highest BCUT2D eigenvalue weighted by Crippen LogP contribution is 2.26. The Morgan fingerprint density at radius 1 is 1.36 bits per heavy atom. The average Bonchev–Trinajstić information content (AvgIpc) is 1.93. The van der Waals surface area contributed by atoms with E-state index in [0.717, 1.165) is 6.42 Å². The predicted molar refractivity (Wildman–Crippen MR) is 43.2 cm³/mol. The monoisotopic (exact) mass is 156 g/mol. The van der Waals surface area contributed by atoms with Gasteiger partial charge in [-0.1, -0.05) is 13.3 Å². The van der Waals surface area contributed by atoms with Gasteiger partial charge >= 0.3 is 5.97 Å². The maximum absolute atomic E-state index is 10.6. The van der Waals surface area contributed by atoms with Crippen molar-refractivity contribution in [2.75, 3.05) is 0 Å². The van der Waals surface area contributed by atoms with Gasteiger partial charge in [-0.15, -0.1) is 0 Å². The number of carbonyl (C=O) groups is 1. The Balaban J connectivity index is 2.35. The van der Waals surface area contributed by atoms with Crippen LogP contribution in [-0.2, 0) is 9.53 Å². The fraction of sp³-hybridized carbons (Fsp3) is 0.889. The quantitative estimate of drug-likeness (QED) is 0.543. The molecule has 1 aliphatic carbocycles. The number of hydrogen-bond acceptors (Lipinski definition) is 2. The van der Waals surface area contributed by atoms with Crippen molar-refractivity contribution in [2.24, 2.45) is 5.92 Å². The van der Waals surface area contributed by atoms with Crippen LogP contribution in [0.2, 0.25) is 0 Å². The van der Waals surface area contributed by atoms with Crippen molar-refractivity contribution in [2.45, 2.75) is 45.6 Å². The minimum Gasteiger partial charge on any atom is -0.462 e. The first-order valence-corrected chi connectivity index (χ1v) is 4.37. The molecule has 0 aromatic rings. The molecule has 0 amide bonds. The topological polar surface area (TPSA) is 26.3 Å². The molecule has 0 radical (unpaired) electrons. The van der Waals surface area contributed by atoms with Crippen LogP contribution in [0.1, 0.15) is 39.5 Å². The van der Waals surface area contributed by atoms with E-state index in [4.69, 9.17) is 4.74 Å². The first-order valence-electron chi connectivity index (χ1n) is 4.37. The minimum atomic E-state index is -0.135. The summed E-state index contributed by atoms with van der Waals surface area (Å²) in [5.41, 5.74) is 0. The predicted octanol–water partition coefficient (Wildman–Crippen LogP) is 2.13. The summed E-state index contributed by atoms with van der Waals surface area (Å²) in [6.45, 7) is 3.65. The summed E-state index contributed by atoms with van der Waals surface area (Å²) < 4.78 is 5.16. The molecule has 1 rings (SSSR count). The lowest BCUT2D eigenvalue weighted by molar-refractivity contribution is -0.150. The molecule has 0 spiro atoms. The van der Waals surface area contributed by atoms with Crippen LogP contribution in [0.3, 0.4) is 0 Å². The molecule has 0 unspecified atom stereocenters. The van der Waals surface area contributed by atoms with Crippen molar-refractivity contribution in [3.63, 3.8) is 0 Å². The first kappa shape index (κ1) is 8.57. The molecular weight excluding hydrogens is 140 g/mol. The normalized spacial score (nSPS) is 31.5. The van der Waals surface area contributed by atoms with Gasteiger partial charge in [0, 0.05) is 6.92 Å². The van der Waals surface area contributed by atoms with E-state index >= 15 is 0 Å². The number of rotatable bonds is 1. The largest absolute Gasteiger partial charge is 0.462 e. The van der Waals surface area contributed by atoms with Crippen molar-refractivity contribution in [3.05, 3.63) is 0 Å². The van der Waals surface area contributed by atoms with Gasteiger partial charge in [0.2, 0.25) is 0 Å². The van der Waals surface area contributed by atoms with Crippen molar-refractivity contribution in [3.8, 4) is 0 Å². The molecule has 0 aromatic heterocycles. The lowest BCUT2D eigenvalue weighted by Gasteiger charge is -2.27. The van der Waals surface area contributed by atoms with E-state index in [1.54, 1.807) is 0 Å². The van der Waals surface area contributed by atoms with Crippen LogP contribution >= 0.6 is 0 Å². The zero-order valence-corrected chi connectivity index (χ0v) is 7.30. The second kappa shape index (κ2) is 3.74. The van der Waals surface area contributed by atoms with Crippen LogP contribution < -0.4 is 0 Å². The van der Waals surface area contributed by atoms with E-state index in [1.807, 2.05) is 0 Å². The van der Waals surface area contributed by atoms with Gasteiger partial charge in [0.1, 0.15) is 6.10 Å². The molecular formula is C9H16O2. The van der Waals surface area contributed by atoms with Gasteiger partial charge in [0.15, 0.2) is 0 Å². The van der Waals surface area contributed by atoms with E-state index in [9.17, 15) is 4.79 Å². The molecule has 0 aromatic carbocycles. The summed E-state index contributed by atoms with van der Waals surface area (Å²) in [6.07, 6.45) is 4.96. The Labute approximate surface area is 67.9 Å². The van der Waals surface area contributed by atoms with E-state index in [0.29, 0.717) is 5.92 Å². The SMILES string of the molecule is CC(=O)O[C@H]1CCCC[C@@H]1C. The molecule has 2 atom stereocenters. The Hall–Kier alpha value is -0.530. The average molecular weight is 156 g/mol. The standard InChI is InChI=1S/C9H16O2/c1-7-5-3-4-6-9(7)11-8(2)10/h7,9H,3-6H2,1-2H3/t7-,9-/m0/s1. The van der Waals surface area contributed by atoms with Crippen LogP contribution in [0.4, 0.5) is 0 Å². The minimum absolute atomic E-state index is 0.135. The third kappa shape index (κ3) is 2.52. The smallest absolute Gasteiger partial charge is 0.302 e. The molecule has 2 heteroatoms. The van der Waals surface area contributed by atoms with Crippen LogP contribution in [-0.4, -0.2) is 12.1 Å². The fourth-order valence-electron chi connectivity index (χ4n) is 1.67. The Morgan fingerprint density at radius 3 is 2.55 bits per heavy atom. The van der Waals surface area contributed by atoms with Gasteiger partial charge in [-0.05, 0) is 25.2 Å². The van der Waals surface area contributed by atoms with Crippen LogP contribution in [0.25, 0.3) is 0 Å². The Bertz CT molecular complexity index is 142. The highest BCUT2D eigenvalue weighted by atomic mass is 16.5. The molecule has 11 heavy (non-hydrogen) atoms. The molecule has 0 heterocycles. The summed E-state index contributed by atoms with van der Waals surface area (Å²) in [5, 5.41) is 0. The van der Waals surface area contributed by atoms with Crippen LogP contribution in [0.5, 0.6) is 0 Å². The van der Waals surface area contributed by atoms with E-state index in [1.165, 1.54) is 26.2 Å². The lowest BCUT2D eigenvalue weighted by Crippen LogP contribution is -2.27. The molecule has 0 bridgehead atoms. The maximum atomic E-state index is 10.6. The molecule has 2 nitrogen and oxygen atoms in total. The number of hydrogen-bond donors (Lipinski definition) is 0. The summed E-state index contributed by atoms with van der Waals surface area (Å²) >= 11 is 0.